The van der Waals surface area contributed by atoms with Crippen molar-refractivity contribution in [1.82, 2.24) is 19.6 Å². The Morgan fingerprint density at radius 1 is 1.13 bits per heavy atom. The highest BCUT2D eigenvalue weighted by atomic mass is 32.2. The van der Waals surface area contributed by atoms with Crippen LogP contribution in [0.25, 0.3) is 0 Å². The van der Waals surface area contributed by atoms with E-state index in [0.717, 1.165) is 39.7 Å². The molecule has 45 heavy (non-hydrogen) atoms. The number of aliphatic imine (C=N–C) groups is 1. The highest BCUT2D eigenvalue weighted by Crippen LogP contribution is 2.28. The van der Waals surface area contributed by atoms with Crippen molar-refractivity contribution < 1.29 is 31.1 Å². The van der Waals surface area contributed by atoms with E-state index >= 15 is 0 Å². The van der Waals surface area contributed by atoms with Crippen LogP contribution in [0.1, 0.15) is 37.6 Å². The molecule has 3 aromatic rings. The second-order valence-corrected chi connectivity index (χ2v) is 13.1. The van der Waals surface area contributed by atoms with Crippen LogP contribution in [0.4, 0.5) is 24.8 Å². The minimum atomic E-state index is -4.93. The molecular weight excluding hydrogens is 611 g/mol. The van der Waals surface area contributed by atoms with E-state index in [9.17, 15) is 26.4 Å². The maximum Gasteiger partial charge on any atom is 0.573 e. The molecule has 0 saturated carbocycles. The molecule has 0 spiro atoms. The quantitative estimate of drug-likeness (QED) is 0.333. The Labute approximate surface area is 259 Å². The monoisotopic (exact) mass is 645 g/mol. The number of halogens is 3. The number of aromatic nitrogens is 2. The summed E-state index contributed by atoms with van der Waals surface area (Å²) in [6.45, 7) is 9.79. The molecule has 3 N–H and O–H groups in total. The third kappa shape index (κ3) is 8.36. The average Bonchev–Trinajstić information content (AvgIpc) is 2.98. The fraction of sp³-hybridized carbons (Fsp3) is 0.333. The van der Waals surface area contributed by atoms with E-state index in [2.05, 4.69) is 52.4 Å². The molecule has 1 aliphatic heterocycles. The van der Waals surface area contributed by atoms with Crippen molar-refractivity contribution in [2.24, 2.45) is 4.99 Å². The van der Waals surface area contributed by atoms with Crippen LogP contribution in [0.3, 0.4) is 0 Å². The summed E-state index contributed by atoms with van der Waals surface area (Å²) in [5.74, 6) is -0.745. The minimum Gasteiger partial charge on any atom is -0.406 e. The van der Waals surface area contributed by atoms with E-state index < -0.39 is 34.1 Å². The van der Waals surface area contributed by atoms with E-state index in [0.29, 0.717) is 11.5 Å². The molecule has 1 fully saturated rings. The SMILES string of the molecule is C=CN=Cc1ncc(N2CCN(S(=O)(=O)c3ccc(OC(F)(F)F)cc3)[C@@H](C(=O)NCc3ccc(C(C)(C)C)cc3)C2)nc1N. The topological polar surface area (TPSA) is 143 Å². The predicted molar refractivity (Wildman–Crippen MR) is 164 cm³/mol. The first-order valence-corrected chi connectivity index (χ1v) is 15.3. The molecule has 2 aromatic carbocycles. The number of benzene rings is 2. The summed E-state index contributed by atoms with van der Waals surface area (Å²) in [6.07, 6.45) is -0.793. The largest absolute Gasteiger partial charge is 0.573 e. The van der Waals surface area contributed by atoms with Crippen molar-refractivity contribution in [2.75, 3.05) is 30.3 Å². The van der Waals surface area contributed by atoms with Crippen LogP contribution < -0.4 is 20.7 Å². The van der Waals surface area contributed by atoms with Crippen molar-refractivity contribution in [3.63, 3.8) is 0 Å². The average molecular weight is 646 g/mol. The maximum atomic E-state index is 13.7. The number of amides is 1. The van der Waals surface area contributed by atoms with Crippen LogP contribution in [-0.2, 0) is 26.8 Å². The molecule has 0 radical (unpaired) electrons. The van der Waals surface area contributed by atoms with Gasteiger partial charge in [0.2, 0.25) is 15.9 Å². The van der Waals surface area contributed by atoms with Gasteiger partial charge in [-0.15, -0.1) is 13.2 Å². The van der Waals surface area contributed by atoms with E-state index in [1.807, 2.05) is 24.3 Å². The van der Waals surface area contributed by atoms with Crippen LogP contribution in [0.5, 0.6) is 5.75 Å². The molecule has 0 aliphatic carbocycles. The van der Waals surface area contributed by atoms with Gasteiger partial charge in [0.1, 0.15) is 23.3 Å². The van der Waals surface area contributed by atoms with Gasteiger partial charge in [-0.1, -0.05) is 51.6 Å². The fourth-order valence-corrected chi connectivity index (χ4v) is 6.20. The highest BCUT2D eigenvalue weighted by Gasteiger charge is 2.41. The Kier molecular flexibility index (Phi) is 9.83. The summed E-state index contributed by atoms with van der Waals surface area (Å²) in [6, 6.07) is 10.3. The summed E-state index contributed by atoms with van der Waals surface area (Å²) < 4.78 is 70.3. The van der Waals surface area contributed by atoms with Gasteiger partial charge in [0.05, 0.1) is 17.3 Å². The van der Waals surface area contributed by atoms with Gasteiger partial charge in [-0.2, -0.15) is 4.31 Å². The predicted octanol–water partition coefficient (Wildman–Crippen LogP) is 4.01. The molecule has 1 amide bonds. The molecule has 15 heteroatoms. The second-order valence-electron chi connectivity index (χ2n) is 11.2. The Bertz CT molecular complexity index is 1660. The number of carbonyl (C=O) groups is 1. The smallest absolute Gasteiger partial charge is 0.406 e. The summed E-state index contributed by atoms with van der Waals surface area (Å²) in [5.41, 5.74) is 8.23. The van der Waals surface area contributed by atoms with Crippen LogP contribution in [0.15, 0.2) is 77.4 Å². The summed E-state index contributed by atoms with van der Waals surface area (Å²) >= 11 is 0. The lowest BCUT2D eigenvalue weighted by Gasteiger charge is -2.40. The third-order valence-corrected chi connectivity index (χ3v) is 8.95. The van der Waals surface area contributed by atoms with Gasteiger partial charge in [-0.25, -0.2) is 18.4 Å². The first kappa shape index (κ1) is 33.4. The maximum absolute atomic E-state index is 13.7. The molecule has 0 bridgehead atoms. The molecule has 1 aliphatic rings. The zero-order chi connectivity index (χ0) is 33.0. The number of nitrogens with zero attached hydrogens (tertiary/aromatic N) is 5. The normalized spacial score (nSPS) is 16.5. The number of hydrogen-bond acceptors (Lipinski definition) is 9. The number of ether oxygens (including phenoxy) is 1. The number of anilines is 2. The van der Waals surface area contributed by atoms with Gasteiger partial charge in [-0.05, 0) is 40.8 Å². The van der Waals surface area contributed by atoms with Crippen LogP contribution in [-0.4, -0.2) is 66.9 Å². The summed E-state index contributed by atoms with van der Waals surface area (Å²) in [4.78, 5) is 27.5. The summed E-state index contributed by atoms with van der Waals surface area (Å²) in [5, 5.41) is 2.83. The Morgan fingerprint density at radius 3 is 2.38 bits per heavy atom. The van der Waals surface area contributed by atoms with Crippen LogP contribution >= 0.6 is 0 Å². The number of nitrogens with one attached hydrogen (secondary N) is 1. The molecule has 1 atom stereocenters. The Hall–Kier alpha value is -4.50. The zero-order valence-electron chi connectivity index (χ0n) is 25.0. The van der Waals surface area contributed by atoms with Crippen LogP contribution in [0.2, 0.25) is 0 Å². The number of piperazine rings is 1. The van der Waals surface area contributed by atoms with Gasteiger partial charge in [0.15, 0.2) is 5.82 Å². The minimum absolute atomic E-state index is 0.0534. The number of rotatable bonds is 9. The molecule has 1 saturated heterocycles. The molecule has 1 aromatic heterocycles. The number of nitrogens with two attached hydrogens (primary N) is 1. The molecule has 11 nitrogen and oxygen atoms in total. The number of hydrogen-bond donors (Lipinski definition) is 2. The Balaban J connectivity index is 1.60. The molecule has 4 rings (SSSR count). The van der Waals surface area contributed by atoms with Crippen molar-refractivity contribution in [2.45, 2.75) is 50.0 Å². The lowest BCUT2D eigenvalue weighted by atomic mass is 9.87. The number of alkyl halides is 3. The fourth-order valence-electron chi connectivity index (χ4n) is 4.63. The van der Waals surface area contributed by atoms with Crippen molar-refractivity contribution in [3.8, 4) is 5.75 Å². The number of nitrogen functional groups attached to an aromatic ring is 1. The van der Waals surface area contributed by atoms with Gasteiger partial charge < -0.3 is 20.7 Å². The van der Waals surface area contributed by atoms with Crippen molar-refractivity contribution in [1.29, 1.82) is 0 Å². The lowest BCUT2D eigenvalue weighted by Crippen LogP contribution is -2.60. The second kappa shape index (κ2) is 13.2. The van der Waals surface area contributed by atoms with Gasteiger partial charge in [0, 0.05) is 32.4 Å². The zero-order valence-corrected chi connectivity index (χ0v) is 25.8. The molecule has 0 unspecified atom stereocenters. The number of sulfonamides is 1. The van der Waals surface area contributed by atoms with E-state index in [4.69, 9.17) is 5.73 Å². The first-order chi connectivity index (χ1) is 21.1. The third-order valence-electron chi connectivity index (χ3n) is 7.03. The summed E-state index contributed by atoms with van der Waals surface area (Å²) in [7, 11) is -4.33. The van der Waals surface area contributed by atoms with Gasteiger partial charge in [-0.3, -0.25) is 9.79 Å². The highest BCUT2D eigenvalue weighted by molar-refractivity contribution is 7.89. The first-order valence-electron chi connectivity index (χ1n) is 13.8. The van der Waals surface area contributed by atoms with Gasteiger partial charge in [0.25, 0.3) is 0 Å². The molecular formula is C30H34F3N7O4S. The van der Waals surface area contributed by atoms with Crippen molar-refractivity contribution in [3.05, 3.63) is 84.3 Å². The standard InChI is InChI=1S/C30H34F3N7O4S/c1-5-35-17-24-27(34)38-26(18-36-24)39-14-15-40(45(42,43)23-12-10-22(11-13-23)44-30(31,32)33)25(19-39)28(41)37-16-20-6-8-21(9-7-20)29(2,3)4/h5-13,17-18,25H,1,14-16,19H2,2-4H3,(H2,34,38)(H,37,41)/t25-/m1/s1. The van der Waals surface area contributed by atoms with E-state index in [1.165, 1.54) is 18.6 Å². The number of carbonyl (C=O) groups excluding carboxylic acids is 1. The van der Waals surface area contributed by atoms with Crippen molar-refractivity contribution >= 4 is 33.8 Å². The van der Waals surface area contributed by atoms with Crippen LogP contribution in [0, 0.1) is 0 Å². The lowest BCUT2D eigenvalue weighted by molar-refractivity contribution is -0.274. The Morgan fingerprint density at radius 2 is 1.80 bits per heavy atom. The van der Waals surface area contributed by atoms with Gasteiger partial charge >= 0.3 is 6.36 Å². The van der Waals surface area contributed by atoms with E-state index in [-0.39, 0.29) is 42.3 Å². The molecule has 2 heterocycles. The molecule has 240 valence electrons. The van der Waals surface area contributed by atoms with E-state index in [1.54, 1.807) is 4.90 Å².